The van der Waals surface area contributed by atoms with Crippen molar-refractivity contribution in [1.29, 1.82) is 0 Å². The average Bonchev–Trinajstić information content (AvgIpc) is 2.52. The maximum Gasteiger partial charge on any atom is 0.200 e. The molecule has 0 saturated heterocycles. The summed E-state index contributed by atoms with van der Waals surface area (Å²) in [4.78, 5) is 12.7. The number of hydrogen-bond acceptors (Lipinski definition) is 3. The van der Waals surface area contributed by atoms with E-state index in [4.69, 9.17) is 4.74 Å². The zero-order valence-electron chi connectivity index (χ0n) is 13.5. The Morgan fingerprint density at radius 1 is 1.22 bits per heavy atom. The first kappa shape index (κ1) is 15.2. The minimum absolute atomic E-state index is 0.0546. The maximum atomic E-state index is 12.7. The Bertz CT molecular complexity index is 979. The molecule has 0 aliphatic rings. The van der Waals surface area contributed by atoms with Crippen LogP contribution in [0.25, 0.3) is 21.8 Å². The van der Waals surface area contributed by atoms with Crippen LogP contribution in [0.15, 0.2) is 52.8 Å². The fourth-order valence-electron chi connectivity index (χ4n) is 2.69. The van der Waals surface area contributed by atoms with Gasteiger partial charge in [0, 0.05) is 24.6 Å². The van der Waals surface area contributed by atoms with Crippen LogP contribution in [-0.4, -0.2) is 16.3 Å². The van der Waals surface area contributed by atoms with Gasteiger partial charge in [-0.2, -0.15) is 0 Å². The van der Waals surface area contributed by atoms with Gasteiger partial charge in [-0.3, -0.25) is 4.79 Å². The second-order valence-corrected chi connectivity index (χ2v) is 5.83. The van der Waals surface area contributed by atoms with Crippen molar-refractivity contribution in [2.24, 2.45) is 7.05 Å². The van der Waals surface area contributed by atoms with E-state index >= 15 is 0 Å². The Morgan fingerprint density at radius 2 is 1.96 bits per heavy atom. The Kier molecular flexibility index (Phi) is 3.82. The van der Waals surface area contributed by atoms with E-state index in [1.807, 2.05) is 49.7 Å². The van der Waals surface area contributed by atoms with Crippen LogP contribution in [0.1, 0.15) is 13.8 Å². The van der Waals surface area contributed by atoms with Crippen LogP contribution in [0, 0.1) is 0 Å². The van der Waals surface area contributed by atoms with Gasteiger partial charge in [0.15, 0.2) is 0 Å². The maximum absolute atomic E-state index is 12.7. The predicted octanol–water partition coefficient (Wildman–Crippen LogP) is 3.74. The van der Waals surface area contributed by atoms with Crippen molar-refractivity contribution in [2.75, 3.05) is 6.61 Å². The van der Waals surface area contributed by atoms with E-state index in [1.165, 1.54) is 6.07 Å². The summed E-state index contributed by atoms with van der Waals surface area (Å²) < 4.78 is 7.56. The van der Waals surface area contributed by atoms with Gasteiger partial charge in [-0.25, -0.2) is 0 Å². The Morgan fingerprint density at radius 3 is 2.70 bits per heavy atom. The van der Waals surface area contributed by atoms with Crippen LogP contribution in [0.4, 0.5) is 0 Å². The molecule has 2 aromatic carbocycles. The van der Waals surface area contributed by atoms with Gasteiger partial charge in [0.05, 0.1) is 16.4 Å². The highest BCUT2D eigenvalue weighted by Gasteiger charge is 2.13. The van der Waals surface area contributed by atoms with Crippen LogP contribution < -0.4 is 10.2 Å². The number of nitrogens with zero attached hydrogens (tertiary/aromatic N) is 1. The number of benzene rings is 2. The molecule has 0 radical (unpaired) electrons. The SMILES string of the molecule is CC(C)=CCOc1cc(O)c2c(=O)c3ccccc3n(C)c2c1. The molecule has 4 nitrogen and oxygen atoms in total. The number of pyridine rings is 1. The van der Waals surface area contributed by atoms with E-state index in [-0.39, 0.29) is 11.2 Å². The summed E-state index contributed by atoms with van der Waals surface area (Å²) >= 11 is 0. The second-order valence-electron chi connectivity index (χ2n) is 5.83. The van der Waals surface area contributed by atoms with Gasteiger partial charge in [0.1, 0.15) is 18.1 Å². The number of phenolic OH excluding ortho intramolecular Hbond substituents is 1. The third-order valence-electron chi connectivity index (χ3n) is 3.91. The first-order chi connectivity index (χ1) is 11.0. The largest absolute Gasteiger partial charge is 0.507 e. The van der Waals surface area contributed by atoms with E-state index in [0.29, 0.717) is 28.6 Å². The highest BCUT2D eigenvalue weighted by Crippen LogP contribution is 2.30. The van der Waals surface area contributed by atoms with Gasteiger partial charge in [0.25, 0.3) is 0 Å². The summed E-state index contributed by atoms with van der Waals surface area (Å²) in [6.07, 6.45) is 1.96. The van der Waals surface area contributed by atoms with E-state index in [9.17, 15) is 9.90 Å². The Balaban J connectivity index is 2.24. The number of allylic oxidation sites excluding steroid dienone is 1. The molecule has 23 heavy (non-hydrogen) atoms. The van der Waals surface area contributed by atoms with E-state index in [1.54, 1.807) is 12.1 Å². The summed E-state index contributed by atoms with van der Waals surface area (Å²) in [6, 6.07) is 10.7. The Hall–Kier alpha value is -2.75. The average molecular weight is 309 g/mol. The number of fused-ring (bicyclic) bond motifs is 2. The van der Waals surface area contributed by atoms with Gasteiger partial charge in [-0.05, 0) is 32.1 Å². The quantitative estimate of drug-likeness (QED) is 0.592. The molecule has 0 aliphatic heterocycles. The van der Waals surface area contributed by atoms with Crippen LogP contribution >= 0.6 is 0 Å². The summed E-state index contributed by atoms with van der Waals surface area (Å²) in [5, 5.41) is 11.2. The number of ether oxygens (including phenoxy) is 1. The molecule has 0 amide bonds. The molecule has 1 aromatic heterocycles. The lowest BCUT2D eigenvalue weighted by atomic mass is 10.1. The standard InChI is InChI=1S/C19H19NO3/c1-12(2)8-9-23-13-10-16-18(17(21)11-13)19(22)14-6-4-5-7-15(14)20(16)3/h4-8,10-11,21H,9H2,1-3H3. The second kappa shape index (κ2) is 5.80. The van der Waals surface area contributed by atoms with Crippen molar-refractivity contribution in [2.45, 2.75) is 13.8 Å². The fraction of sp³-hybridized carbons (Fsp3) is 0.211. The molecule has 0 fully saturated rings. The zero-order chi connectivity index (χ0) is 16.6. The molecule has 118 valence electrons. The number of para-hydroxylation sites is 1. The molecule has 3 aromatic rings. The number of hydrogen-bond donors (Lipinski definition) is 1. The summed E-state index contributed by atoms with van der Waals surface area (Å²) in [6.45, 7) is 4.42. The smallest absolute Gasteiger partial charge is 0.200 e. The fourth-order valence-corrected chi connectivity index (χ4v) is 2.69. The molecule has 4 heteroatoms. The van der Waals surface area contributed by atoms with Gasteiger partial charge in [-0.15, -0.1) is 0 Å². The topological polar surface area (TPSA) is 51.5 Å². The van der Waals surface area contributed by atoms with Gasteiger partial charge >= 0.3 is 0 Å². The molecule has 0 atom stereocenters. The molecule has 3 rings (SSSR count). The number of aryl methyl sites for hydroxylation is 1. The monoisotopic (exact) mass is 309 g/mol. The molecule has 1 N–H and O–H groups in total. The molecule has 0 aliphatic carbocycles. The lowest BCUT2D eigenvalue weighted by molar-refractivity contribution is 0.359. The third-order valence-corrected chi connectivity index (χ3v) is 3.91. The normalized spacial score (nSPS) is 10.9. The van der Waals surface area contributed by atoms with Crippen molar-refractivity contribution in [3.8, 4) is 11.5 Å². The third kappa shape index (κ3) is 2.68. The van der Waals surface area contributed by atoms with E-state index < -0.39 is 0 Å². The molecule has 0 saturated carbocycles. The van der Waals surface area contributed by atoms with Crippen LogP contribution in [0.3, 0.4) is 0 Å². The number of aromatic hydroxyl groups is 1. The molecule has 0 unspecified atom stereocenters. The minimum Gasteiger partial charge on any atom is -0.507 e. The van der Waals surface area contributed by atoms with Crippen LogP contribution in [0.2, 0.25) is 0 Å². The number of rotatable bonds is 3. The van der Waals surface area contributed by atoms with Crippen LogP contribution in [0.5, 0.6) is 11.5 Å². The minimum atomic E-state index is -0.165. The summed E-state index contributed by atoms with van der Waals surface area (Å²) in [5.74, 6) is 0.485. The number of aromatic nitrogens is 1. The van der Waals surface area contributed by atoms with E-state index in [2.05, 4.69) is 0 Å². The lowest BCUT2D eigenvalue weighted by Crippen LogP contribution is -2.09. The highest BCUT2D eigenvalue weighted by atomic mass is 16.5. The van der Waals surface area contributed by atoms with Crippen molar-refractivity contribution < 1.29 is 9.84 Å². The van der Waals surface area contributed by atoms with Crippen molar-refractivity contribution in [3.05, 3.63) is 58.3 Å². The van der Waals surface area contributed by atoms with Crippen molar-refractivity contribution in [3.63, 3.8) is 0 Å². The molecule has 0 bridgehead atoms. The first-order valence-electron chi connectivity index (χ1n) is 7.49. The zero-order valence-corrected chi connectivity index (χ0v) is 13.5. The number of phenols is 1. The molecular formula is C19H19NO3. The first-order valence-corrected chi connectivity index (χ1v) is 7.49. The van der Waals surface area contributed by atoms with Crippen LogP contribution in [-0.2, 0) is 7.05 Å². The molecule has 0 spiro atoms. The Labute approximate surface area is 134 Å². The van der Waals surface area contributed by atoms with Crippen molar-refractivity contribution >= 4 is 21.8 Å². The van der Waals surface area contributed by atoms with Crippen molar-refractivity contribution in [1.82, 2.24) is 4.57 Å². The van der Waals surface area contributed by atoms with E-state index in [0.717, 1.165) is 11.1 Å². The summed E-state index contributed by atoms with van der Waals surface area (Å²) in [5.41, 5.74) is 2.47. The molecule has 1 heterocycles. The summed E-state index contributed by atoms with van der Waals surface area (Å²) in [7, 11) is 1.88. The lowest BCUT2D eigenvalue weighted by Gasteiger charge is -2.13. The van der Waals surface area contributed by atoms with Gasteiger partial charge < -0.3 is 14.4 Å². The van der Waals surface area contributed by atoms with Gasteiger partial charge in [0.2, 0.25) is 5.43 Å². The van der Waals surface area contributed by atoms with Gasteiger partial charge in [-0.1, -0.05) is 17.7 Å². The molecular weight excluding hydrogens is 290 g/mol. The predicted molar refractivity (Wildman–Crippen MR) is 93.3 cm³/mol. The highest BCUT2D eigenvalue weighted by molar-refractivity contribution is 5.97.